The monoisotopic (exact) mass is 268 g/mol. The molecule has 2 rings (SSSR count). The molecule has 0 aliphatic carbocycles. The highest BCUT2D eigenvalue weighted by Gasteiger charge is 2.20. The number of thiazole rings is 1. The van der Waals surface area contributed by atoms with Crippen molar-refractivity contribution >= 4 is 17.2 Å². The van der Waals surface area contributed by atoms with Gasteiger partial charge in [-0.15, -0.1) is 11.3 Å². The van der Waals surface area contributed by atoms with Gasteiger partial charge in [0, 0.05) is 43.8 Å². The summed E-state index contributed by atoms with van der Waals surface area (Å²) in [4.78, 5) is 21.6. The molecule has 0 unspecified atom stereocenters. The third-order valence-corrected chi connectivity index (χ3v) is 4.00. The summed E-state index contributed by atoms with van der Waals surface area (Å²) >= 11 is 1.75. The van der Waals surface area contributed by atoms with Gasteiger partial charge < -0.3 is 10.2 Å². The van der Waals surface area contributed by atoms with Crippen LogP contribution in [0.25, 0.3) is 0 Å². The number of hydrogen-bond donors (Lipinski definition) is 1. The molecule has 18 heavy (non-hydrogen) atoms. The molecule has 1 aromatic heterocycles. The molecule has 6 heteroatoms. The fourth-order valence-electron chi connectivity index (χ4n) is 2.12. The van der Waals surface area contributed by atoms with E-state index in [-0.39, 0.29) is 5.91 Å². The van der Waals surface area contributed by atoms with Crippen LogP contribution >= 0.6 is 11.3 Å². The van der Waals surface area contributed by atoms with Crippen LogP contribution in [-0.2, 0) is 11.3 Å². The number of hydrogen-bond acceptors (Lipinski definition) is 5. The zero-order valence-electron chi connectivity index (χ0n) is 11.0. The van der Waals surface area contributed by atoms with Crippen LogP contribution in [0.1, 0.15) is 9.88 Å². The average molecular weight is 268 g/mol. The predicted octanol–water partition coefficient (Wildman–Crippen LogP) is 0.315. The van der Waals surface area contributed by atoms with Gasteiger partial charge in [0.25, 0.3) is 0 Å². The largest absolute Gasteiger partial charge is 0.339 e. The molecule has 1 aliphatic rings. The molecule has 0 spiro atoms. The van der Waals surface area contributed by atoms with E-state index in [9.17, 15) is 4.79 Å². The van der Waals surface area contributed by atoms with Crippen LogP contribution in [0.3, 0.4) is 0 Å². The number of rotatable bonds is 4. The van der Waals surface area contributed by atoms with Gasteiger partial charge in [-0.1, -0.05) is 0 Å². The first kappa shape index (κ1) is 13.5. The first-order chi connectivity index (χ1) is 8.69. The van der Waals surface area contributed by atoms with Gasteiger partial charge in [-0.05, 0) is 14.0 Å². The summed E-state index contributed by atoms with van der Waals surface area (Å²) in [6, 6.07) is 0. The standard InChI is InChI=1S/C12H20N4OS/c1-10-14-7-11(18-10)9-15-3-5-16(6-4-15)12(17)8-13-2/h7,13H,3-6,8-9H2,1-2H3. The third-order valence-electron chi connectivity index (χ3n) is 3.10. The second-order valence-corrected chi connectivity index (χ2v) is 5.85. The molecule has 1 amide bonds. The highest BCUT2D eigenvalue weighted by molar-refractivity contribution is 7.11. The van der Waals surface area contributed by atoms with E-state index in [2.05, 4.69) is 15.2 Å². The molecule has 0 radical (unpaired) electrons. The van der Waals surface area contributed by atoms with E-state index in [1.54, 1.807) is 18.4 Å². The Kier molecular flexibility index (Phi) is 4.68. The minimum absolute atomic E-state index is 0.200. The van der Waals surface area contributed by atoms with Crippen molar-refractivity contribution in [3.05, 3.63) is 16.1 Å². The van der Waals surface area contributed by atoms with Gasteiger partial charge in [0.1, 0.15) is 0 Å². The van der Waals surface area contributed by atoms with Crippen LogP contribution in [0.15, 0.2) is 6.20 Å². The van der Waals surface area contributed by atoms with Gasteiger partial charge in [-0.25, -0.2) is 4.98 Å². The number of amides is 1. The highest BCUT2D eigenvalue weighted by atomic mass is 32.1. The third kappa shape index (κ3) is 3.51. The van der Waals surface area contributed by atoms with Crippen LogP contribution in [0.4, 0.5) is 0 Å². The Morgan fingerprint density at radius 3 is 2.72 bits per heavy atom. The van der Waals surface area contributed by atoms with Crippen molar-refractivity contribution in [2.75, 3.05) is 39.8 Å². The summed E-state index contributed by atoms with van der Waals surface area (Å²) < 4.78 is 0. The van der Waals surface area contributed by atoms with E-state index < -0.39 is 0 Å². The van der Waals surface area contributed by atoms with Gasteiger partial charge in [-0.2, -0.15) is 0 Å². The van der Waals surface area contributed by atoms with Crippen molar-refractivity contribution in [3.8, 4) is 0 Å². The lowest BCUT2D eigenvalue weighted by Gasteiger charge is -2.34. The normalized spacial score (nSPS) is 17.1. The molecule has 0 saturated carbocycles. The lowest BCUT2D eigenvalue weighted by atomic mass is 10.3. The zero-order chi connectivity index (χ0) is 13.0. The van der Waals surface area contributed by atoms with Crippen molar-refractivity contribution in [1.82, 2.24) is 20.1 Å². The summed E-state index contributed by atoms with van der Waals surface area (Å²) in [5.41, 5.74) is 0. The zero-order valence-corrected chi connectivity index (χ0v) is 11.8. The number of aromatic nitrogens is 1. The molecule has 5 nitrogen and oxygen atoms in total. The van der Waals surface area contributed by atoms with Crippen molar-refractivity contribution in [3.63, 3.8) is 0 Å². The van der Waals surface area contributed by atoms with Crippen LogP contribution in [0.2, 0.25) is 0 Å². The number of carbonyl (C=O) groups excluding carboxylic acids is 1. The lowest BCUT2D eigenvalue weighted by Crippen LogP contribution is -2.50. The number of nitrogens with zero attached hydrogens (tertiary/aromatic N) is 3. The second-order valence-electron chi connectivity index (χ2n) is 4.53. The molecule has 0 bridgehead atoms. The van der Waals surface area contributed by atoms with Gasteiger partial charge in [0.05, 0.1) is 11.6 Å². The summed E-state index contributed by atoms with van der Waals surface area (Å²) in [7, 11) is 1.81. The van der Waals surface area contributed by atoms with E-state index in [1.165, 1.54) is 4.88 Å². The predicted molar refractivity (Wildman–Crippen MR) is 72.6 cm³/mol. The number of piperazine rings is 1. The van der Waals surface area contributed by atoms with Gasteiger partial charge >= 0.3 is 0 Å². The average Bonchev–Trinajstić information content (AvgIpc) is 2.76. The molecular formula is C12H20N4OS. The molecule has 0 atom stereocenters. The van der Waals surface area contributed by atoms with Crippen LogP contribution in [0.5, 0.6) is 0 Å². The maximum Gasteiger partial charge on any atom is 0.236 e. The number of likely N-dealkylation sites (N-methyl/N-ethyl adjacent to an activating group) is 1. The van der Waals surface area contributed by atoms with E-state index in [0.717, 1.165) is 37.7 Å². The molecular weight excluding hydrogens is 248 g/mol. The number of aryl methyl sites for hydroxylation is 1. The fourth-order valence-corrected chi connectivity index (χ4v) is 2.95. The van der Waals surface area contributed by atoms with Crippen molar-refractivity contribution in [1.29, 1.82) is 0 Å². The Morgan fingerprint density at radius 2 is 2.17 bits per heavy atom. The molecule has 2 heterocycles. The smallest absolute Gasteiger partial charge is 0.236 e. The molecule has 100 valence electrons. The highest BCUT2D eigenvalue weighted by Crippen LogP contribution is 2.15. The number of carbonyl (C=O) groups is 1. The lowest BCUT2D eigenvalue weighted by molar-refractivity contribution is -0.131. The van der Waals surface area contributed by atoms with Crippen molar-refractivity contribution < 1.29 is 4.79 Å². The van der Waals surface area contributed by atoms with Crippen LogP contribution < -0.4 is 5.32 Å². The Bertz CT molecular complexity index is 399. The molecule has 1 aromatic rings. The van der Waals surface area contributed by atoms with Gasteiger partial charge in [-0.3, -0.25) is 9.69 Å². The van der Waals surface area contributed by atoms with Gasteiger partial charge in [0.2, 0.25) is 5.91 Å². The summed E-state index contributed by atoms with van der Waals surface area (Å²) in [6.07, 6.45) is 1.96. The minimum atomic E-state index is 0.200. The summed E-state index contributed by atoms with van der Waals surface area (Å²) in [5, 5.41) is 4.03. The van der Waals surface area contributed by atoms with Crippen LogP contribution in [-0.4, -0.2) is 60.5 Å². The minimum Gasteiger partial charge on any atom is -0.339 e. The van der Waals surface area contributed by atoms with E-state index in [1.807, 2.05) is 18.0 Å². The summed E-state index contributed by atoms with van der Waals surface area (Å²) in [5.74, 6) is 0.200. The molecule has 1 fully saturated rings. The summed E-state index contributed by atoms with van der Waals surface area (Å²) in [6.45, 7) is 6.99. The maximum absolute atomic E-state index is 11.7. The van der Waals surface area contributed by atoms with Crippen molar-refractivity contribution in [2.45, 2.75) is 13.5 Å². The van der Waals surface area contributed by atoms with Crippen LogP contribution in [0, 0.1) is 6.92 Å². The first-order valence-electron chi connectivity index (χ1n) is 6.25. The molecule has 0 aromatic carbocycles. The Morgan fingerprint density at radius 1 is 1.44 bits per heavy atom. The Hall–Kier alpha value is -0.980. The van der Waals surface area contributed by atoms with E-state index >= 15 is 0 Å². The van der Waals surface area contributed by atoms with E-state index in [0.29, 0.717) is 6.54 Å². The molecule has 1 saturated heterocycles. The van der Waals surface area contributed by atoms with E-state index in [4.69, 9.17) is 0 Å². The second kappa shape index (κ2) is 6.26. The molecule has 1 N–H and O–H groups in total. The quantitative estimate of drug-likeness (QED) is 0.854. The Labute approximate surface area is 112 Å². The fraction of sp³-hybridized carbons (Fsp3) is 0.667. The van der Waals surface area contributed by atoms with Gasteiger partial charge in [0.15, 0.2) is 0 Å². The number of nitrogens with one attached hydrogen (secondary N) is 1. The molecule has 1 aliphatic heterocycles. The topological polar surface area (TPSA) is 48.5 Å². The first-order valence-corrected chi connectivity index (χ1v) is 7.06. The Balaban J connectivity index is 1.78. The maximum atomic E-state index is 11.7. The van der Waals surface area contributed by atoms with Crippen molar-refractivity contribution in [2.24, 2.45) is 0 Å². The SMILES string of the molecule is CNCC(=O)N1CCN(Cc2cnc(C)s2)CC1.